The number of hydrogen-bond acceptors (Lipinski definition) is 3. The molecule has 0 saturated carbocycles. The van der Waals surface area contributed by atoms with Crippen molar-refractivity contribution in [3.05, 3.63) is 12.7 Å². The molecule has 0 unspecified atom stereocenters. The van der Waals surface area contributed by atoms with Crippen LogP contribution in [0.2, 0.25) is 0 Å². The summed E-state index contributed by atoms with van der Waals surface area (Å²) in [6.07, 6.45) is 2.32. The summed E-state index contributed by atoms with van der Waals surface area (Å²) in [4.78, 5) is 0. The predicted molar refractivity (Wildman–Crippen MR) is 53.1 cm³/mol. The maximum Gasteiger partial charge on any atom is 0.213 e. The molecule has 0 spiro atoms. The van der Waals surface area contributed by atoms with Crippen LogP contribution in [0.5, 0.6) is 0 Å². The van der Waals surface area contributed by atoms with E-state index in [9.17, 15) is 8.42 Å². The van der Waals surface area contributed by atoms with E-state index < -0.39 is 10.0 Å². The van der Waals surface area contributed by atoms with Crippen LogP contribution in [0.3, 0.4) is 0 Å². The monoisotopic (exact) mass is 207 g/mol. The Balaban J connectivity index is 3.61. The zero-order chi connectivity index (χ0) is 10.2. The largest absolute Gasteiger partial charge is 0.381 e. The molecule has 4 nitrogen and oxygen atoms in total. The molecule has 0 aromatic heterocycles. The fraction of sp³-hybridized carbons (Fsp3) is 0.750. The van der Waals surface area contributed by atoms with Gasteiger partial charge >= 0.3 is 0 Å². The molecule has 0 aliphatic rings. The molecule has 0 aliphatic heterocycles. The lowest BCUT2D eigenvalue weighted by molar-refractivity contribution is 0.163. The van der Waals surface area contributed by atoms with Crippen molar-refractivity contribution < 1.29 is 13.2 Å². The second-order valence-corrected chi connectivity index (χ2v) is 4.41. The Labute approximate surface area is 80.0 Å². The number of sulfonamides is 1. The number of nitrogens with one attached hydrogen (secondary N) is 1. The highest BCUT2D eigenvalue weighted by Crippen LogP contribution is 1.87. The van der Waals surface area contributed by atoms with Crippen LogP contribution in [0, 0.1) is 0 Å². The topological polar surface area (TPSA) is 55.4 Å². The molecule has 13 heavy (non-hydrogen) atoms. The SMILES string of the molecule is C=CCCNS(=O)(=O)CCOCC. The first-order valence-electron chi connectivity index (χ1n) is 4.28. The van der Waals surface area contributed by atoms with E-state index in [0.29, 0.717) is 19.6 Å². The van der Waals surface area contributed by atoms with Gasteiger partial charge in [-0.1, -0.05) is 6.08 Å². The summed E-state index contributed by atoms with van der Waals surface area (Å²) in [6, 6.07) is 0. The third-order valence-electron chi connectivity index (χ3n) is 1.37. The summed E-state index contributed by atoms with van der Waals surface area (Å²) in [5, 5.41) is 0. The number of hydrogen-bond donors (Lipinski definition) is 1. The predicted octanol–water partition coefficient (Wildman–Crippen LogP) is 0.518. The van der Waals surface area contributed by atoms with Crippen LogP contribution in [0.1, 0.15) is 13.3 Å². The average Bonchev–Trinajstić information content (AvgIpc) is 2.05. The zero-order valence-electron chi connectivity index (χ0n) is 7.95. The summed E-state index contributed by atoms with van der Waals surface area (Å²) in [6.45, 7) is 6.54. The van der Waals surface area contributed by atoms with Gasteiger partial charge in [-0.3, -0.25) is 0 Å². The molecule has 78 valence electrons. The molecule has 0 rings (SSSR count). The summed E-state index contributed by atoms with van der Waals surface area (Å²) < 4.78 is 29.7. The van der Waals surface area contributed by atoms with Gasteiger partial charge in [0.1, 0.15) is 0 Å². The Hall–Kier alpha value is -0.390. The van der Waals surface area contributed by atoms with Crippen LogP contribution in [0.4, 0.5) is 0 Å². The van der Waals surface area contributed by atoms with Gasteiger partial charge in [0.2, 0.25) is 10.0 Å². The van der Waals surface area contributed by atoms with E-state index in [1.54, 1.807) is 6.08 Å². The first kappa shape index (κ1) is 12.6. The van der Waals surface area contributed by atoms with Crippen LogP contribution < -0.4 is 4.72 Å². The highest BCUT2D eigenvalue weighted by atomic mass is 32.2. The first-order chi connectivity index (χ1) is 6.12. The number of ether oxygens (including phenoxy) is 1. The lowest BCUT2D eigenvalue weighted by atomic mass is 10.4. The Morgan fingerprint density at radius 1 is 1.54 bits per heavy atom. The highest BCUT2D eigenvalue weighted by molar-refractivity contribution is 7.89. The molecule has 0 fully saturated rings. The van der Waals surface area contributed by atoms with Crippen LogP contribution >= 0.6 is 0 Å². The van der Waals surface area contributed by atoms with Gasteiger partial charge in [-0.2, -0.15) is 0 Å². The quantitative estimate of drug-likeness (QED) is 0.466. The van der Waals surface area contributed by atoms with E-state index in [-0.39, 0.29) is 12.4 Å². The summed E-state index contributed by atoms with van der Waals surface area (Å²) in [5.74, 6) is 0.0258. The van der Waals surface area contributed by atoms with Gasteiger partial charge in [0, 0.05) is 13.2 Å². The van der Waals surface area contributed by atoms with Crippen molar-refractivity contribution >= 4 is 10.0 Å². The van der Waals surface area contributed by atoms with Crippen molar-refractivity contribution in [2.75, 3.05) is 25.5 Å². The van der Waals surface area contributed by atoms with Gasteiger partial charge < -0.3 is 4.74 Å². The van der Waals surface area contributed by atoms with E-state index in [1.165, 1.54) is 0 Å². The van der Waals surface area contributed by atoms with Crippen LogP contribution in [-0.2, 0) is 14.8 Å². The van der Waals surface area contributed by atoms with Gasteiger partial charge in [-0.15, -0.1) is 6.58 Å². The molecule has 0 bridgehead atoms. The molecular weight excluding hydrogens is 190 g/mol. The van der Waals surface area contributed by atoms with Gasteiger partial charge in [0.05, 0.1) is 12.4 Å². The maximum atomic E-state index is 11.2. The highest BCUT2D eigenvalue weighted by Gasteiger charge is 2.07. The molecule has 0 saturated heterocycles. The minimum absolute atomic E-state index is 0.0258. The summed E-state index contributed by atoms with van der Waals surface area (Å²) in [5.41, 5.74) is 0. The van der Waals surface area contributed by atoms with Crippen molar-refractivity contribution in [2.24, 2.45) is 0 Å². The fourth-order valence-corrected chi connectivity index (χ4v) is 1.61. The lowest BCUT2D eigenvalue weighted by Gasteiger charge is -2.04. The Morgan fingerprint density at radius 2 is 2.23 bits per heavy atom. The minimum atomic E-state index is -3.15. The van der Waals surface area contributed by atoms with Crippen molar-refractivity contribution in [1.82, 2.24) is 4.72 Å². The van der Waals surface area contributed by atoms with Crippen molar-refractivity contribution in [3.8, 4) is 0 Å². The summed E-state index contributed by atoms with van der Waals surface area (Å²) >= 11 is 0. The lowest BCUT2D eigenvalue weighted by Crippen LogP contribution is -2.29. The van der Waals surface area contributed by atoms with Gasteiger partial charge in [-0.25, -0.2) is 13.1 Å². The molecule has 5 heteroatoms. The third-order valence-corrected chi connectivity index (χ3v) is 2.72. The van der Waals surface area contributed by atoms with Gasteiger partial charge in [-0.05, 0) is 13.3 Å². The molecule has 0 aliphatic carbocycles. The van der Waals surface area contributed by atoms with E-state index >= 15 is 0 Å². The fourth-order valence-electron chi connectivity index (χ4n) is 0.702. The smallest absolute Gasteiger partial charge is 0.213 e. The summed E-state index contributed by atoms with van der Waals surface area (Å²) in [7, 11) is -3.15. The third kappa shape index (κ3) is 7.95. The van der Waals surface area contributed by atoms with Crippen LogP contribution in [0.15, 0.2) is 12.7 Å². The minimum Gasteiger partial charge on any atom is -0.381 e. The molecule has 1 N–H and O–H groups in total. The number of rotatable bonds is 8. The first-order valence-corrected chi connectivity index (χ1v) is 5.93. The molecule has 0 aromatic rings. The molecule has 0 atom stereocenters. The molecule has 0 aromatic carbocycles. The van der Waals surface area contributed by atoms with E-state index in [0.717, 1.165) is 0 Å². The van der Waals surface area contributed by atoms with Gasteiger partial charge in [0.15, 0.2) is 0 Å². The molecule has 0 heterocycles. The Kier molecular flexibility index (Phi) is 6.84. The van der Waals surface area contributed by atoms with Crippen molar-refractivity contribution in [1.29, 1.82) is 0 Å². The second-order valence-electron chi connectivity index (χ2n) is 2.49. The van der Waals surface area contributed by atoms with E-state index in [4.69, 9.17) is 4.74 Å². The molecule has 0 radical (unpaired) electrons. The van der Waals surface area contributed by atoms with E-state index in [1.807, 2.05) is 6.92 Å². The van der Waals surface area contributed by atoms with Crippen LogP contribution in [-0.4, -0.2) is 33.9 Å². The molecule has 0 amide bonds. The normalized spacial score (nSPS) is 11.5. The van der Waals surface area contributed by atoms with Crippen molar-refractivity contribution in [2.45, 2.75) is 13.3 Å². The Bertz CT molecular complexity index is 224. The zero-order valence-corrected chi connectivity index (χ0v) is 8.77. The average molecular weight is 207 g/mol. The van der Waals surface area contributed by atoms with Gasteiger partial charge in [0.25, 0.3) is 0 Å². The standard InChI is InChI=1S/C8H17NO3S/c1-3-5-6-9-13(10,11)8-7-12-4-2/h3,9H,1,4-8H2,2H3. The van der Waals surface area contributed by atoms with Crippen LogP contribution in [0.25, 0.3) is 0 Å². The van der Waals surface area contributed by atoms with E-state index in [2.05, 4.69) is 11.3 Å². The maximum absolute atomic E-state index is 11.2. The van der Waals surface area contributed by atoms with Crippen molar-refractivity contribution in [3.63, 3.8) is 0 Å². The molecular formula is C8H17NO3S. The second kappa shape index (κ2) is 7.06. The Morgan fingerprint density at radius 3 is 2.77 bits per heavy atom.